The van der Waals surface area contributed by atoms with Gasteiger partial charge in [0.05, 0.1) is 0 Å². The monoisotopic (exact) mass is 213 g/mol. The maximum Gasteiger partial charge on any atom is 0.0469 e. The summed E-state index contributed by atoms with van der Waals surface area (Å²) in [5, 5.41) is 0. The molecule has 0 saturated heterocycles. The molecule has 4 fully saturated rings. The fourth-order valence-corrected chi connectivity index (χ4v) is 5.31. The summed E-state index contributed by atoms with van der Waals surface area (Å²) in [4.78, 5) is 2.63. The first-order valence-electron chi connectivity index (χ1n) is 5.88. The average molecular weight is 214 g/mol. The summed E-state index contributed by atoms with van der Waals surface area (Å²) < 4.78 is 0. The molecule has 0 aromatic heterocycles. The molecule has 1 nitrogen and oxygen atoms in total. The van der Waals surface area contributed by atoms with Gasteiger partial charge < -0.3 is 4.90 Å². The third-order valence-electron chi connectivity index (χ3n) is 4.91. The molecule has 0 radical (unpaired) electrons. The lowest BCUT2D eigenvalue weighted by atomic mass is 9.52. The molecule has 0 N–H and O–H groups in total. The maximum absolute atomic E-state index is 6.74. The first kappa shape index (κ1) is 9.47. The van der Waals surface area contributed by atoms with Crippen molar-refractivity contribution in [2.45, 2.75) is 48.9 Å². The van der Waals surface area contributed by atoms with Crippen LogP contribution in [-0.2, 0) is 0 Å². The minimum absolute atomic E-state index is 0.175. The smallest absolute Gasteiger partial charge is 0.0469 e. The van der Waals surface area contributed by atoms with Crippen LogP contribution < -0.4 is 0 Å². The van der Waals surface area contributed by atoms with Crippen molar-refractivity contribution in [3.63, 3.8) is 0 Å². The molecule has 4 aliphatic rings. The molecule has 14 heavy (non-hydrogen) atoms. The Bertz CT molecular complexity index is 247. The van der Waals surface area contributed by atoms with E-state index in [4.69, 9.17) is 11.6 Å². The van der Waals surface area contributed by atoms with Crippen LogP contribution in [0.3, 0.4) is 0 Å². The molecule has 0 spiro atoms. The second-order valence-corrected chi connectivity index (χ2v) is 7.03. The van der Waals surface area contributed by atoms with Crippen LogP contribution in [0.5, 0.6) is 0 Å². The maximum atomic E-state index is 6.74. The van der Waals surface area contributed by atoms with E-state index in [1.165, 1.54) is 38.5 Å². The minimum Gasteiger partial charge on any atom is -0.304 e. The number of nitrogens with zero attached hydrogens (tertiary/aromatic N) is 1. The van der Waals surface area contributed by atoms with Crippen molar-refractivity contribution in [2.75, 3.05) is 14.1 Å². The molecule has 0 amide bonds. The van der Waals surface area contributed by atoms with Crippen molar-refractivity contribution < 1.29 is 0 Å². The zero-order valence-corrected chi connectivity index (χ0v) is 9.98. The van der Waals surface area contributed by atoms with E-state index in [9.17, 15) is 0 Å². The predicted octanol–water partition coefficient (Wildman–Crippen LogP) is 2.88. The summed E-state index contributed by atoms with van der Waals surface area (Å²) in [5.74, 6) is 1.85. The number of hydrogen-bond acceptors (Lipinski definition) is 1. The van der Waals surface area contributed by atoms with Gasteiger partial charge >= 0.3 is 0 Å². The fourth-order valence-electron chi connectivity index (χ4n) is 4.63. The lowest BCUT2D eigenvalue weighted by Crippen LogP contribution is -2.62. The number of halogens is 1. The van der Waals surface area contributed by atoms with Gasteiger partial charge in [0, 0.05) is 10.4 Å². The van der Waals surface area contributed by atoms with Crippen LogP contribution in [-0.4, -0.2) is 29.4 Å². The van der Waals surface area contributed by atoms with Crippen molar-refractivity contribution in [2.24, 2.45) is 11.8 Å². The Labute approximate surface area is 91.8 Å². The standard InChI is InChI=1S/C12H20ClN/c1-14(2)12-6-9-3-10(7-12)5-11(13,4-9)8-12/h9-10H,3-8H2,1-2H3/t9-,10+,11?,12?. The van der Waals surface area contributed by atoms with Crippen molar-refractivity contribution in [3.8, 4) is 0 Å². The summed E-state index contributed by atoms with van der Waals surface area (Å²) >= 11 is 6.74. The highest BCUT2D eigenvalue weighted by atomic mass is 35.5. The molecule has 2 unspecified atom stereocenters. The fraction of sp³-hybridized carbons (Fsp3) is 1.00. The molecule has 80 valence electrons. The molecule has 0 heterocycles. The van der Waals surface area contributed by atoms with Gasteiger partial charge in [-0.2, -0.15) is 0 Å². The third-order valence-corrected chi connectivity index (χ3v) is 5.35. The lowest BCUT2D eigenvalue weighted by molar-refractivity contribution is -0.0592. The Morgan fingerprint density at radius 1 is 1.07 bits per heavy atom. The Hall–Kier alpha value is 0.250. The van der Waals surface area contributed by atoms with Crippen LogP contribution in [0.4, 0.5) is 0 Å². The highest BCUT2D eigenvalue weighted by Gasteiger charge is 2.57. The highest BCUT2D eigenvalue weighted by Crippen LogP contribution is 2.61. The van der Waals surface area contributed by atoms with Gasteiger partial charge in [0.2, 0.25) is 0 Å². The van der Waals surface area contributed by atoms with Crippen LogP contribution in [0.2, 0.25) is 0 Å². The molecule has 4 saturated carbocycles. The summed E-state index contributed by atoms with van der Waals surface area (Å²) in [6, 6.07) is 0. The van der Waals surface area contributed by atoms with E-state index in [0.717, 1.165) is 11.8 Å². The first-order chi connectivity index (χ1) is 6.51. The highest BCUT2D eigenvalue weighted by molar-refractivity contribution is 6.24. The Balaban J connectivity index is 1.96. The quantitative estimate of drug-likeness (QED) is 0.606. The van der Waals surface area contributed by atoms with Gasteiger partial charge in [-0.15, -0.1) is 11.6 Å². The molecular weight excluding hydrogens is 194 g/mol. The molecule has 2 heteroatoms. The predicted molar refractivity (Wildman–Crippen MR) is 59.7 cm³/mol. The summed E-state index contributed by atoms with van der Waals surface area (Å²) in [6.07, 6.45) is 8.10. The molecule has 4 aliphatic carbocycles. The van der Waals surface area contributed by atoms with Crippen LogP contribution in [0.15, 0.2) is 0 Å². The van der Waals surface area contributed by atoms with Gasteiger partial charge in [0.1, 0.15) is 0 Å². The Morgan fingerprint density at radius 2 is 1.64 bits per heavy atom. The normalized spacial score (nSPS) is 55.7. The zero-order valence-electron chi connectivity index (χ0n) is 9.22. The lowest BCUT2D eigenvalue weighted by Gasteiger charge is -2.62. The van der Waals surface area contributed by atoms with Crippen molar-refractivity contribution in [1.29, 1.82) is 0 Å². The average Bonchev–Trinajstić information content (AvgIpc) is 1.98. The van der Waals surface area contributed by atoms with E-state index >= 15 is 0 Å². The van der Waals surface area contributed by atoms with Crippen LogP contribution in [0, 0.1) is 11.8 Å². The molecular formula is C12H20ClN. The van der Waals surface area contributed by atoms with Gasteiger partial charge in [0.25, 0.3) is 0 Å². The van der Waals surface area contributed by atoms with Gasteiger partial charge in [-0.1, -0.05) is 0 Å². The van der Waals surface area contributed by atoms with E-state index in [-0.39, 0.29) is 4.87 Å². The second kappa shape index (κ2) is 2.68. The molecule has 4 rings (SSSR count). The van der Waals surface area contributed by atoms with Gasteiger partial charge in [-0.05, 0) is 64.5 Å². The summed E-state index contributed by atoms with van der Waals surface area (Å²) in [7, 11) is 4.49. The third kappa shape index (κ3) is 1.18. The largest absolute Gasteiger partial charge is 0.304 e. The second-order valence-electron chi connectivity index (χ2n) is 6.23. The SMILES string of the molecule is CN(C)C12C[C@@H]3C[C@@H](CC(Cl)(C3)C1)C2. The number of alkyl halides is 1. The van der Waals surface area contributed by atoms with E-state index in [0.29, 0.717) is 5.54 Å². The van der Waals surface area contributed by atoms with Gasteiger partial charge in [0.15, 0.2) is 0 Å². The van der Waals surface area contributed by atoms with E-state index in [2.05, 4.69) is 19.0 Å². The van der Waals surface area contributed by atoms with E-state index < -0.39 is 0 Å². The zero-order chi connectivity index (χ0) is 9.97. The van der Waals surface area contributed by atoms with Crippen molar-refractivity contribution in [1.82, 2.24) is 4.90 Å². The molecule has 4 bridgehead atoms. The molecule has 4 atom stereocenters. The first-order valence-corrected chi connectivity index (χ1v) is 6.26. The molecule has 0 aromatic rings. The van der Waals surface area contributed by atoms with Gasteiger partial charge in [-0.3, -0.25) is 0 Å². The number of hydrogen-bond donors (Lipinski definition) is 0. The van der Waals surface area contributed by atoms with Crippen molar-refractivity contribution >= 4 is 11.6 Å². The molecule has 0 aromatic carbocycles. The van der Waals surface area contributed by atoms with Crippen molar-refractivity contribution in [3.05, 3.63) is 0 Å². The summed E-state index contributed by atoms with van der Waals surface area (Å²) in [6.45, 7) is 0. The number of rotatable bonds is 1. The van der Waals surface area contributed by atoms with Gasteiger partial charge in [-0.25, -0.2) is 0 Å². The van der Waals surface area contributed by atoms with Crippen LogP contribution >= 0.6 is 11.6 Å². The van der Waals surface area contributed by atoms with E-state index in [1.807, 2.05) is 0 Å². The van der Waals surface area contributed by atoms with Crippen LogP contribution in [0.1, 0.15) is 38.5 Å². The molecule has 0 aliphatic heterocycles. The summed E-state index contributed by atoms with van der Waals surface area (Å²) in [5.41, 5.74) is 0.464. The van der Waals surface area contributed by atoms with Crippen LogP contribution in [0.25, 0.3) is 0 Å². The van der Waals surface area contributed by atoms with E-state index in [1.54, 1.807) is 0 Å². The Kier molecular flexibility index (Phi) is 1.81. The topological polar surface area (TPSA) is 3.24 Å². The Morgan fingerprint density at radius 3 is 2.07 bits per heavy atom. The minimum atomic E-state index is 0.175.